The standard InChI is InChI=1S/C20H26N4O2/c1-13(26)15-4-5-17-12-24(8-6-16(17)10-15)19-11-18(14-2-3-14)22-20(23-19)21-7-9-25/h4-5,10-11,13-14,25-26H,2-3,6-9,12H2,1H3,(H,21,22,23)/t13-/m0/s1. The number of aliphatic hydroxyl groups is 2. The van der Waals surface area contributed by atoms with Crippen LogP contribution in [0.5, 0.6) is 0 Å². The third-order valence-electron chi connectivity index (χ3n) is 5.17. The lowest BCUT2D eigenvalue weighted by Crippen LogP contribution is -2.31. The van der Waals surface area contributed by atoms with Gasteiger partial charge in [-0.25, -0.2) is 4.98 Å². The summed E-state index contributed by atoms with van der Waals surface area (Å²) >= 11 is 0. The number of hydrogen-bond acceptors (Lipinski definition) is 6. The predicted octanol–water partition coefficient (Wildman–Crippen LogP) is 2.37. The van der Waals surface area contributed by atoms with E-state index in [-0.39, 0.29) is 6.61 Å². The van der Waals surface area contributed by atoms with Crippen LogP contribution in [0.15, 0.2) is 24.3 Å². The van der Waals surface area contributed by atoms with Crippen LogP contribution < -0.4 is 10.2 Å². The minimum Gasteiger partial charge on any atom is -0.395 e. The van der Waals surface area contributed by atoms with Crippen molar-refractivity contribution in [1.82, 2.24) is 9.97 Å². The van der Waals surface area contributed by atoms with E-state index in [4.69, 9.17) is 5.11 Å². The summed E-state index contributed by atoms with van der Waals surface area (Å²) in [4.78, 5) is 11.6. The molecule has 1 saturated carbocycles. The molecule has 0 bridgehead atoms. The van der Waals surface area contributed by atoms with Crippen LogP contribution in [0.25, 0.3) is 0 Å². The summed E-state index contributed by atoms with van der Waals surface area (Å²) in [5.74, 6) is 2.11. The van der Waals surface area contributed by atoms with E-state index in [1.54, 1.807) is 6.92 Å². The van der Waals surface area contributed by atoms with E-state index in [1.807, 2.05) is 6.07 Å². The molecule has 0 amide bonds. The SMILES string of the molecule is C[C@H](O)c1ccc2c(c1)CCN(c1cc(C3CC3)nc(NCCO)n1)C2. The summed E-state index contributed by atoms with van der Waals surface area (Å²) in [6, 6.07) is 8.38. The maximum absolute atomic E-state index is 9.79. The zero-order valence-corrected chi connectivity index (χ0v) is 15.1. The number of fused-ring (bicyclic) bond motifs is 1. The molecule has 1 atom stereocenters. The molecule has 0 spiro atoms. The van der Waals surface area contributed by atoms with Crippen molar-refractivity contribution in [1.29, 1.82) is 0 Å². The molecule has 1 aliphatic heterocycles. The van der Waals surface area contributed by atoms with E-state index in [0.717, 1.165) is 36.6 Å². The van der Waals surface area contributed by atoms with Crippen molar-refractivity contribution in [3.05, 3.63) is 46.6 Å². The molecule has 4 rings (SSSR count). The van der Waals surface area contributed by atoms with Crippen molar-refractivity contribution in [3.63, 3.8) is 0 Å². The molecule has 138 valence electrons. The van der Waals surface area contributed by atoms with E-state index in [1.165, 1.54) is 24.0 Å². The van der Waals surface area contributed by atoms with Gasteiger partial charge in [-0.1, -0.05) is 18.2 Å². The summed E-state index contributed by atoms with van der Waals surface area (Å²) in [5, 5.41) is 22.0. The highest BCUT2D eigenvalue weighted by Gasteiger charge is 2.27. The lowest BCUT2D eigenvalue weighted by atomic mass is 9.96. The van der Waals surface area contributed by atoms with Crippen molar-refractivity contribution in [3.8, 4) is 0 Å². The van der Waals surface area contributed by atoms with Gasteiger partial charge in [-0.05, 0) is 42.9 Å². The third-order valence-corrected chi connectivity index (χ3v) is 5.17. The van der Waals surface area contributed by atoms with Gasteiger partial charge in [0.2, 0.25) is 5.95 Å². The summed E-state index contributed by atoms with van der Waals surface area (Å²) in [5.41, 5.74) is 4.68. The highest BCUT2D eigenvalue weighted by molar-refractivity contribution is 5.49. The molecule has 0 radical (unpaired) electrons. The number of benzene rings is 1. The van der Waals surface area contributed by atoms with Crippen LogP contribution in [-0.2, 0) is 13.0 Å². The van der Waals surface area contributed by atoms with Crippen LogP contribution in [0.1, 0.15) is 54.2 Å². The molecule has 2 heterocycles. The Morgan fingerprint density at radius 2 is 2.08 bits per heavy atom. The van der Waals surface area contributed by atoms with Gasteiger partial charge in [0, 0.05) is 31.6 Å². The summed E-state index contributed by atoms with van der Waals surface area (Å²) in [6.07, 6.45) is 2.90. The fourth-order valence-corrected chi connectivity index (χ4v) is 3.48. The highest BCUT2D eigenvalue weighted by atomic mass is 16.3. The summed E-state index contributed by atoms with van der Waals surface area (Å²) in [6.45, 7) is 4.04. The average molecular weight is 354 g/mol. The van der Waals surface area contributed by atoms with Crippen LogP contribution >= 0.6 is 0 Å². The van der Waals surface area contributed by atoms with Gasteiger partial charge in [0.15, 0.2) is 0 Å². The quantitative estimate of drug-likeness (QED) is 0.739. The van der Waals surface area contributed by atoms with Crippen LogP contribution in [0.3, 0.4) is 0 Å². The fourth-order valence-electron chi connectivity index (χ4n) is 3.48. The van der Waals surface area contributed by atoms with Gasteiger partial charge in [0.05, 0.1) is 18.4 Å². The van der Waals surface area contributed by atoms with Crippen LogP contribution in [0.4, 0.5) is 11.8 Å². The number of hydrogen-bond donors (Lipinski definition) is 3. The Morgan fingerprint density at radius 1 is 1.23 bits per heavy atom. The first-order chi connectivity index (χ1) is 12.6. The topological polar surface area (TPSA) is 81.5 Å². The number of nitrogens with one attached hydrogen (secondary N) is 1. The van der Waals surface area contributed by atoms with Crippen LogP contribution in [-0.4, -0.2) is 39.9 Å². The van der Waals surface area contributed by atoms with E-state index < -0.39 is 6.10 Å². The number of anilines is 2. The second-order valence-electron chi connectivity index (χ2n) is 7.27. The lowest BCUT2D eigenvalue weighted by molar-refractivity contribution is 0.199. The van der Waals surface area contributed by atoms with Crippen molar-refractivity contribution in [2.45, 2.75) is 44.8 Å². The largest absolute Gasteiger partial charge is 0.395 e. The molecule has 2 aromatic rings. The maximum Gasteiger partial charge on any atom is 0.224 e. The molecule has 0 unspecified atom stereocenters. The van der Waals surface area contributed by atoms with Gasteiger partial charge in [-0.3, -0.25) is 0 Å². The smallest absolute Gasteiger partial charge is 0.224 e. The second-order valence-corrected chi connectivity index (χ2v) is 7.27. The highest BCUT2D eigenvalue weighted by Crippen LogP contribution is 2.40. The summed E-state index contributed by atoms with van der Waals surface area (Å²) < 4.78 is 0. The molecule has 6 nitrogen and oxygen atoms in total. The Kier molecular flexibility index (Phi) is 4.78. The number of aliphatic hydroxyl groups excluding tert-OH is 2. The molecule has 26 heavy (non-hydrogen) atoms. The van der Waals surface area contributed by atoms with Crippen molar-refractivity contribution in [2.75, 3.05) is 29.9 Å². The van der Waals surface area contributed by atoms with Gasteiger partial charge in [0.1, 0.15) is 5.82 Å². The molecule has 3 N–H and O–H groups in total. The van der Waals surface area contributed by atoms with E-state index in [0.29, 0.717) is 18.4 Å². The first kappa shape index (κ1) is 17.2. The Bertz CT molecular complexity index is 789. The van der Waals surface area contributed by atoms with Crippen molar-refractivity contribution in [2.24, 2.45) is 0 Å². The fraction of sp³-hybridized carbons (Fsp3) is 0.500. The third kappa shape index (κ3) is 3.66. The Labute approximate surface area is 153 Å². The minimum atomic E-state index is -0.429. The number of aromatic nitrogens is 2. The normalized spacial score (nSPS) is 17.7. The van der Waals surface area contributed by atoms with Gasteiger partial charge in [0.25, 0.3) is 0 Å². The van der Waals surface area contributed by atoms with Crippen molar-refractivity contribution < 1.29 is 10.2 Å². The minimum absolute atomic E-state index is 0.0645. The first-order valence-corrected chi connectivity index (χ1v) is 9.42. The Morgan fingerprint density at radius 3 is 2.81 bits per heavy atom. The average Bonchev–Trinajstić information content (AvgIpc) is 3.50. The molecule has 1 aliphatic carbocycles. The van der Waals surface area contributed by atoms with E-state index in [2.05, 4.69) is 38.4 Å². The molecule has 2 aliphatic rings. The van der Waals surface area contributed by atoms with Gasteiger partial charge in [-0.15, -0.1) is 0 Å². The molecule has 1 aromatic carbocycles. The zero-order valence-electron chi connectivity index (χ0n) is 15.1. The molecular formula is C20H26N4O2. The molecule has 1 aromatic heterocycles. The van der Waals surface area contributed by atoms with E-state index in [9.17, 15) is 5.11 Å². The molecule has 1 fully saturated rings. The summed E-state index contributed by atoms with van der Waals surface area (Å²) in [7, 11) is 0. The lowest BCUT2D eigenvalue weighted by Gasteiger charge is -2.30. The number of rotatable bonds is 6. The maximum atomic E-state index is 9.79. The predicted molar refractivity (Wildman–Crippen MR) is 101 cm³/mol. The first-order valence-electron chi connectivity index (χ1n) is 9.42. The van der Waals surface area contributed by atoms with Crippen LogP contribution in [0.2, 0.25) is 0 Å². The molecular weight excluding hydrogens is 328 g/mol. The Balaban J connectivity index is 1.58. The molecule has 6 heteroatoms. The Hall–Kier alpha value is -2.18. The van der Waals surface area contributed by atoms with Crippen LogP contribution in [0, 0.1) is 0 Å². The molecule has 0 saturated heterocycles. The monoisotopic (exact) mass is 354 g/mol. The van der Waals surface area contributed by atoms with Gasteiger partial charge >= 0.3 is 0 Å². The number of nitrogens with zero attached hydrogens (tertiary/aromatic N) is 3. The zero-order chi connectivity index (χ0) is 18.1. The van der Waals surface area contributed by atoms with Gasteiger partial charge < -0.3 is 20.4 Å². The van der Waals surface area contributed by atoms with E-state index >= 15 is 0 Å². The second kappa shape index (κ2) is 7.21. The van der Waals surface area contributed by atoms with Crippen molar-refractivity contribution >= 4 is 11.8 Å². The van der Waals surface area contributed by atoms with Gasteiger partial charge in [-0.2, -0.15) is 4.98 Å².